The molecule has 0 aliphatic carbocycles. The molecule has 1 aliphatic rings. The monoisotopic (exact) mass is 271 g/mol. The van der Waals surface area contributed by atoms with E-state index in [0.717, 1.165) is 5.69 Å². The molecule has 1 amide bonds. The van der Waals surface area contributed by atoms with E-state index in [1.54, 1.807) is 0 Å². The molecule has 0 fully saturated rings. The third kappa shape index (κ3) is 1.83. The molecule has 1 aromatic heterocycles. The van der Waals surface area contributed by atoms with Crippen molar-refractivity contribution >= 4 is 17.5 Å². The first-order chi connectivity index (χ1) is 9.72. The number of amides is 1. The minimum atomic E-state index is -0.518. The number of nitrogens with one attached hydrogen (secondary N) is 1. The Bertz CT molecular complexity index is 710. The van der Waals surface area contributed by atoms with Gasteiger partial charge in [-0.15, -0.1) is 10.2 Å². The Morgan fingerprint density at radius 1 is 1.20 bits per heavy atom. The summed E-state index contributed by atoms with van der Waals surface area (Å²) < 4.78 is 1.48. The molecule has 0 bridgehead atoms. The fourth-order valence-corrected chi connectivity index (χ4v) is 2.22. The predicted molar refractivity (Wildman–Crippen MR) is 73.1 cm³/mol. The van der Waals surface area contributed by atoms with Crippen LogP contribution >= 0.6 is 0 Å². The zero-order valence-corrected chi connectivity index (χ0v) is 10.9. The Labute approximate surface area is 114 Å². The maximum absolute atomic E-state index is 12.2. The second-order valence-corrected chi connectivity index (χ2v) is 4.37. The number of para-hydroxylation sites is 1. The maximum atomic E-state index is 12.2. The van der Waals surface area contributed by atoms with E-state index >= 15 is 0 Å². The fraction of sp³-hybridized carbons (Fsp3) is 0.231. The number of carbonyl (C=O) groups excluding carboxylic acids is 1. The van der Waals surface area contributed by atoms with Crippen LogP contribution < -0.4 is 15.8 Å². The van der Waals surface area contributed by atoms with Crippen molar-refractivity contribution in [2.45, 2.75) is 6.54 Å². The molecular weight excluding hydrogens is 258 g/mol. The summed E-state index contributed by atoms with van der Waals surface area (Å²) in [6.07, 6.45) is 0. The van der Waals surface area contributed by atoms with Crippen LogP contribution in [-0.2, 0) is 6.54 Å². The molecular formula is C13H13N5O2. The van der Waals surface area contributed by atoms with Crippen LogP contribution in [0.5, 0.6) is 0 Å². The third-order valence-electron chi connectivity index (χ3n) is 3.23. The average molecular weight is 271 g/mol. The highest BCUT2D eigenvalue weighted by Crippen LogP contribution is 2.25. The smallest absolute Gasteiger partial charge is 0.286 e. The Morgan fingerprint density at radius 2 is 1.95 bits per heavy atom. The molecule has 0 atom stereocenters. The molecule has 1 N–H and O–H groups in total. The van der Waals surface area contributed by atoms with Gasteiger partial charge in [0.1, 0.15) is 0 Å². The van der Waals surface area contributed by atoms with Crippen molar-refractivity contribution in [3.8, 4) is 0 Å². The molecule has 2 heterocycles. The highest BCUT2D eigenvalue weighted by Gasteiger charge is 2.26. The minimum Gasteiger partial charge on any atom is -0.354 e. The maximum Gasteiger partial charge on any atom is 0.286 e. The van der Waals surface area contributed by atoms with Gasteiger partial charge in [-0.05, 0) is 12.1 Å². The number of aromatic nitrogens is 3. The van der Waals surface area contributed by atoms with Gasteiger partial charge < -0.3 is 10.2 Å². The predicted octanol–water partition coefficient (Wildman–Crippen LogP) is 0.150. The molecule has 3 rings (SSSR count). The highest BCUT2D eigenvalue weighted by atomic mass is 16.2. The molecule has 1 aromatic carbocycles. The summed E-state index contributed by atoms with van der Waals surface area (Å²) in [4.78, 5) is 25.7. The van der Waals surface area contributed by atoms with Crippen molar-refractivity contribution in [1.29, 1.82) is 0 Å². The van der Waals surface area contributed by atoms with E-state index in [1.165, 1.54) is 11.6 Å². The van der Waals surface area contributed by atoms with Gasteiger partial charge >= 0.3 is 0 Å². The van der Waals surface area contributed by atoms with E-state index in [0.29, 0.717) is 19.0 Å². The molecule has 0 unspecified atom stereocenters. The van der Waals surface area contributed by atoms with Gasteiger partial charge in [0, 0.05) is 25.8 Å². The minimum absolute atomic E-state index is 0.175. The van der Waals surface area contributed by atoms with Crippen LogP contribution in [0.1, 0.15) is 10.5 Å². The fourth-order valence-electron chi connectivity index (χ4n) is 2.22. The van der Waals surface area contributed by atoms with Gasteiger partial charge in [-0.2, -0.15) is 0 Å². The van der Waals surface area contributed by atoms with E-state index in [9.17, 15) is 9.59 Å². The number of fused-ring (bicyclic) bond motifs is 1. The van der Waals surface area contributed by atoms with E-state index in [2.05, 4.69) is 15.5 Å². The number of hydrogen-bond acceptors (Lipinski definition) is 5. The molecule has 102 valence electrons. The lowest BCUT2D eigenvalue weighted by Gasteiger charge is -2.16. The molecule has 0 spiro atoms. The van der Waals surface area contributed by atoms with Crippen molar-refractivity contribution < 1.29 is 4.79 Å². The van der Waals surface area contributed by atoms with Gasteiger partial charge in [0.25, 0.3) is 11.5 Å². The van der Waals surface area contributed by atoms with Crippen molar-refractivity contribution in [3.05, 3.63) is 46.4 Å². The first-order valence-corrected chi connectivity index (χ1v) is 6.24. The van der Waals surface area contributed by atoms with Gasteiger partial charge in [0.05, 0.1) is 0 Å². The summed E-state index contributed by atoms with van der Waals surface area (Å²) in [6, 6.07) is 9.64. The zero-order chi connectivity index (χ0) is 14.1. The summed E-state index contributed by atoms with van der Waals surface area (Å²) in [6.45, 7) is 1.12. The highest BCUT2D eigenvalue weighted by molar-refractivity contribution is 5.91. The SMILES string of the molecule is CNC(=O)c1nnc2n(c1=O)CCN2c1ccccc1. The molecule has 0 saturated heterocycles. The van der Waals surface area contributed by atoms with Crippen molar-refractivity contribution in [1.82, 2.24) is 20.1 Å². The van der Waals surface area contributed by atoms with Crippen LogP contribution in [0.4, 0.5) is 11.6 Å². The Hall–Kier alpha value is -2.70. The second kappa shape index (κ2) is 4.76. The lowest BCUT2D eigenvalue weighted by molar-refractivity contribution is 0.0954. The second-order valence-electron chi connectivity index (χ2n) is 4.37. The number of anilines is 2. The quantitative estimate of drug-likeness (QED) is 0.841. The van der Waals surface area contributed by atoms with Gasteiger partial charge in [0.2, 0.25) is 11.6 Å². The zero-order valence-electron chi connectivity index (χ0n) is 10.9. The van der Waals surface area contributed by atoms with Gasteiger partial charge in [-0.25, -0.2) is 0 Å². The van der Waals surface area contributed by atoms with Gasteiger partial charge in [-0.3, -0.25) is 14.2 Å². The molecule has 1 aliphatic heterocycles. The molecule has 7 nitrogen and oxygen atoms in total. The summed E-state index contributed by atoms with van der Waals surface area (Å²) in [5, 5.41) is 10.2. The van der Waals surface area contributed by atoms with Crippen LogP contribution in [0.25, 0.3) is 0 Å². The van der Waals surface area contributed by atoms with Gasteiger partial charge in [0.15, 0.2) is 0 Å². The number of benzene rings is 1. The van der Waals surface area contributed by atoms with Crippen LogP contribution in [-0.4, -0.2) is 34.3 Å². The van der Waals surface area contributed by atoms with Crippen molar-refractivity contribution in [2.24, 2.45) is 0 Å². The number of nitrogens with zero attached hydrogens (tertiary/aromatic N) is 4. The molecule has 20 heavy (non-hydrogen) atoms. The number of hydrogen-bond donors (Lipinski definition) is 1. The first-order valence-electron chi connectivity index (χ1n) is 6.24. The molecule has 7 heteroatoms. The normalized spacial score (nSPS) is 13.2. The standard InChI is InChI=1S/C13H13N5O2/c1-14-11(19)10-12(20)18-8-7-17(13(18)16-15-10)9-5-3-2-4-6-9/h2-6H,7-8H2,1H3,(H,14,19). The number of carbonyl (C=O) groups is 1. The average Bonchev–Trinajstić information content (AvgIpc) is 2.92. The first kappa shape index (κ1) is 12.3. The van der Waals surface area contributed by atoms with Crippen LogP contribution in [0, 0.1) is 0 Å². The molecule has 0 saturated carbocycles. The molecule has 0 radical (unpaired) electrons. The Balaban J connectivity index is 2.07. The lowest BCUT2D eigenvalue weighted by atomic mass is 10.3. The van der Waals surface area contributed by atoms with Crippen LogP contribution in [0.2, 0.25) is 0 Å². The van der Waals surface area contributed by atoms with Crippen molar-refractivity contribution in [2.75, 3.05) is 18.5 Å². The van der Waals surface area contributed by atoms with Gasteiger partial charge in [-0.1, -0.05) is 18.2 Å². The number of rotatable bonds is 2. The van der Waals surface area contributed by atoms with E-state index in [1.807, 2.05) is 35.2 Å². The summed E-state index contributed by atoms with van der Waals surface area (Å²) in [5.74, 6) is -0.0511. The van der Waals surface area contributed by atoms with E-state index in [-0.39, 0.29) is 5.69 Å². The summed E-state index contributed by atoms with van der Waals surface area (Å²) in [7, 11) is 1.46. The van der Waals surface area contributed by atoms with Crippen LogP contribution in [0.3, 0.4) is 0 Å². The van der Waals surface area contributed by atoms with Crippen molar-refractivity contribution in [3.63, 3.8) is 0 Å². The van der Waals surface area contributed by atoms with Crippen LogP contribution in [0.15, 0.2) is 35.1 Å². The Kier molecular flexibility index (Phi) is 2.94. The summed E-state index contributed by atoms with van der Waals surface area (Å²) >= 11 is 0. The largest absolute Gasteiger partial charge is 0.354 e. The van der Waals surface area contributed by atoms with E-state index < -0.39 is 11.5 Å². The molecule has 2 aromatic rings. The Morgan fingerprint density at radius 3 is 2.65 bits per heavy atom. The lowest BCUT2D eigenvalue weighted by Crippen LogP contribution is -2.33. The third-order valence-corrected chi connectivity index (χ3v) is 3.23. The van der Waals surface area contributed by atoms with E-state index in [4.69, 9.17) is 0 Å². The topological polar surface area (TPSA) is 80.1 Å². The summed E-state index contributed by atoms with van der Waals surface area (Å²) in [5.41, 5.74) is 0.360.